The molecule has 0 radical (unpaired) electrons. The smallest absolute Gasteiger partial charge is 0.291 e. The molecule has 0 aliphatic heterocycles. The van der Waals surface area contributed by atoms with Crippen LogP contribution in [0.3, 0.4) is 0 Å². The highest BCUT2D eigenvalue weighted by molar-refractivity contribution is 6.30. The molecule has 0 aliphatic carbocycles. The van der Waals surface area contributed by atoms with Gasteiger partial charge in [-0.1, -0.05) is 11.6 Å². The van der Waals surface area contributed by atoms with E-state index in [0.29, 0.717) is 23.1 Å². The Morgan fingerprint density at radius 3 is 2.56 bits per heavy atom. The summed E-state index contributed by atoms with van der Waals surface area (Å²) in [6, 6.07) is 15.9. The van der Waals surface area contributed by atoms with E-state index in [4.69, 9.17) is 25.5 Å². The molecule has 1 N–H and O–H groups in total. The van der Waals surface area contributed by atoms with Gasteiger partial charge in [0, 0.05) is 10.7 Å². The van der Waals surface area contributed by atoms with Crippen molar-refractivity contribution in [2.24, 2.45) is 0 Å². The molecule has 140 valence electrons. The molecule has 27 heavy (non-hydrogen) atoms. The number of ether oxygens (including phenoxy) is 2. The molecule has 0 fully saturated rings. The van der Waals surface area contributed by atoms with Crippen LogP contribution in [0.1, 0.15) is 28.8 Å². The second-order valence-electron chi connectivity index (χ2n) is 5.88. The summed E-state index contributed by atoms with van der Waals surface area (Å²) in [6.45, 7) is 4.65. The number of anilines is 1. The van der Waals surface area contributed by atoms with Crippen molar-refractivity contribution in [2.75, 3.05) is 11.9 Å². The van der Waals surface area contributed by atoms with E-state index in [0.717, 1.165) is 17.1 Å². The van der Waals surface area contributed by atoms with Gasteiger partial charge < -0.3 is 19.2 Å². The average molecular weight is 386 g/mol. The minimum atomic E-state index is -0.326. The lowest BCUT2D eigenvalue weighted by molar-refractivity contribution is 0.0992. The van der Waals surface area contributed by atoms with Crippen LogP contribution in [0.15, 0.2) is 59.0 Å². The molecule has 3 rings (SSSR count). The second-order valence-corrected chi connectivity index (χ2v) is 6.31. The molecule has 0 spiro atoms. The van der Waals surface area contributed by atoms with Crippen LogP contribution in [-0.4, -0.2) is 12.5 Å². The fourth-order valence-electron chi connectivity index (χ4n) is 2.50. The Morgan fingerprint density at radius 2 is 1.85 bits per heavy atom. The summed E-state index contributed by atoms with van der Waals surface area (Å²) in [7, 11) is 0. The van der Waals surface area contributed by atoms with Gasteiger partial charge in [-0.05, 0) is 74.0 Å². The van der Waals surface area contributed by atoms with E-state index >= 15 is 0 Å². The summed E-state index contributed by atoms with van der Waals surface area (Å²) >= 11 is 5.94. The third-order valence-corrected chi connectivity index (χ3v) is 4.05. The van der Waals surface area contributed by atoms with E-state index in [2.05, 4.69) is 5.32 Å². The third kappa shape index (κ3) is 5.05. The first-order valence-corrected chi connectivity index (χ1v) is 8.95. The van der Waals surface area contributed by atoms with Gasteiger partial charge in [0.2, 0.25) is 0 Å². The zero-order valence-corrected chi connectivity index (χ0v) is 15.9. The van der Waals surface area contributed by atoms with Crippen LogP contribution in [0.25, 0.3) is 0 Å². The maximum absolute atomic E-state index is 12.3. The van der Waals surface area contributed by atoms with Gasteiger partial charge in [0.05, 0.1) is 6.61 Å². The van der Waals surface area contributed by atoms with E-state index < -0.39 is 0 Å². The van der Waals surface area contributed by atoms with E-state index in [1.807, 2.05) is 19.9 Å². The molecule has 0 bridgehead atoms. The number of carbonyl (C=O) groups is 1. The number of amides is 1. The van der Waals surface area contributed by atoms with Gasteiger partial charge in [-0.25, -0.2) is 0 Å². The van der Waals surface area contributed by atoms with Crippen molar-refractivity contribution in [1.29, 1.82) is 0 Å². The van der Waals surface area contributed by atoms with Crippen molar-refractivity contribution in [3.8, 4) is 11.5 Å². The Kier molecular flexibility index (Phi) is 6.04. The molecule has 0 aliphatic rings. The third-order valence-electron chi connectivity index (χ3n) is 3.82. The molecule has 0 saturated heterocycles. The van der Waals surface area contributed by atoms with Crippen molar-refractivity contribution in [2.45, 2.75) is 20.5 Å². The minimum absolute atomic E-state index is 0.218. The second kappa shape index (κ2) is 8.64. The van der Waals surface area contributed by atoms with Gasteiger partial charge in [0.25, 0.3) is 5.91 Å². The van der Waals surface area contributed by atoms with Crippen LogP contribution < -0.4 is 14.8 Å². The monoisotopic (exact) mass is 385 g/mol. The summed E-state index contributed by atoms with van der Waals surface area (Å²) in [5, 5.41) is 3.44. The molecular formula is C21H20ClNO4. The van der Waals surface area contributed by atoms with Gasteiger partial charge in [0.1, 0.15) is 23.9 Å². The summed E-state index contributed by atoms with van der Waals surface area (Å²) in [5.41, 5.74) is 1.59. The van der Waals surface area contributed by atoms with Gasteiger partial charge in [-0.15, -0.1) is 0 Å². The largest absolute Gasteiger partial charge is 0.494 e. The Hall–Kier alpha value is -2.92. The number of hydrogen-bond donors (Lipinski definition) is 1. The van der Waals surface area contributed by atoms with E-state index in [9.17, 15) is 4.79 Å². The predicted molar refractivity (Wildman–Crippen MR) is 105 cm³/mol. The summed E-state index contributed by atoms with van der Waals surface area (Å²) < 4.78 is 16.7. The van der Waals surface area contributed by atoms with Crippen LogP contribution in [0.4, 0.5) is 5.69 Å². The zero-order valence-electron chi connectivity index (χ0n) is 15.1. The first kappa shape index (κ1) is 18.9. The van der Waals surface area contributed by atoms with Gasteiger partial charge in [-0.2, -0.15) is 0 Å². The van der Waals surface area contributed by atoms with Crippen LogP contribution in [-0.2, 0) is 6.61 Å². The lowest BCUT2D eigenvalue weighted by Gasteiger charge is -2.08. The molecule has 3 aromatic rings. The molecular weight excluding hydrogens is 366 g/mol. The Balaban J connectivity index is 1.58. The maximum Gasteiger partial charge on any atom is 0.291 e. The number of carbonyl (C=O) groups excluding carboxylic acids is 1. The fraction of sp³-hybridized carbons (Fsp3) is 0.190. The topological polar surface area (TPSA) is 60.7 Å². The molecule has 1 amide bonds. The lowest BCUT2D eigenvalue weighted by atomic mass is 10.2. The SMILES string of the molecule is CCOc1ccc(NC(=O)c2ccc(COc3ccc(Cl)cc3C)o2)cc1. The summed E-state index contributed by atoms with van der Waals surface area (Å²) in [6.07, 6.45) is 0. The zero-order chi connectivity index (χ0) is 19.2. The highest BCUT2D eigenvalue weighted by atomic mass is 35.5. The molecule has 5 nitrogen and oxygen atoms in total. The lowest BCUT2D eigenvalue weighted by Crippen LogP contribution is -2.10. The molecule has 6 heteroatoms. The highest BCUT2D eigenvalue weighted by Crippen LogP contribution is 2.23. The molecule has 1 aromatic heterocycles. The number of benzene rings is 2. The van der Waals surface area contributed by atoms with Crippen molar-refractivity contribution in [3.05, 3.63) is 76.7 Å². The molecule has 0 saturated carbocycles. The first-order valence-electron chi connectivity index (χ1n) is 8.57. The van der Waals surface area contributed by atoms with Gasteiger partial charge >= 0.3 is 0 Å². The quantitative estimate of drug-likeness (QED) is 0.585. The Morgan fingerprint density at radius 1 is 1.07 bits per heavy atom. The normalized spacial score (nSPS) is 10.5. The summed E-state index contributed by atoms with van der Waals surface area (Å²) in [5.74, 6) is 1.92. The van der Waals surface area contributed by atoms with Gasteiger partial charge in [-0.3, -0.25) is 4.79 Å². The van der Waals surface area contributed by atoms with E-state index in [1.165, 1.54) is 0 Å². The average Bonchev–Trinajstić information content (AvgIpc) is 3.12. The molecule has 2 aromatic carbocycles. The van der Waals surface area contributed by atoms with Crippen molar-refractivity contribution in [1.82, 2.24) is 0 Å². The molecule has 1 heterocycles. The number of rotatable bonds is 7. The maximum atomic E-state index is 12.3. The van der Waals surface area contributed by atoms with Crippen molar-refractivity contribution in [3.63, 3.8) is 0 Å². The van der Waals surface area contributed by atoms with E-state index in [1.54, 1.807) is 48.5 Å². The number of aryl methyl sites for hydroxylation is 1. The van der Waals surface area contributed by atoms with E-state index in [-0.39, 0.29) is 18.3 Å². The van der Waals surface area contributed by atoms with Crippen molar-refractivity contribution < 1.29 is 18.7 Å². The number of furan rings is 1. The highest BCUT2D eigenvalue weighted by Gasteiger charge is 2.12. The number of hydrogen-bond acceptors (Lipinski definition) is 4. The fourth-order valence-corrected chi connectivity index (χ4v) is 2.72. The molecule has 0 unspecified atom stereocenters. The van der Waals surface area contributed by atoms with Crippen LogP contribution in [0, 0.1) is 6.92 Å². The number of halogens is 1. The summed E-state index contributed by atoms with van der Waals surface area (Å²) in [4.78, 5) is 12.3. The van der Waals surface area contributed by atoms with Crippen molar-refractivity contribution >= 4 is 23.2 Å². The molecule has 0 atom stereocenters. The van der Waals surface area contributed by atoms with Gasteiger partial charge in [0.15, 0.2) is 5.76 Å². The minimum Gasteiger partial charge on any atom is -0.494 e. The number of nitrogens with one attached hydrogen (secondary N) is 1. The Labute approximate surface area is 162 Å². The standard InChI is InChI=1S/C21H20ClNO4/c1-3-25-17-7-5-16(6-8-17)23-21(24)20-11-9-18(27-20)13-26-19-10-4-15(22)12-14(19)2/h4-12H,3,13H2,1-2H3,(H,23,24). The van der Waals surface area contributed by atoms with Crippen LogP contribution >= 0.6 is 11.6 Å². The first-order chi connectivity index (χ1) is 13.0. The van der Waals surface area contributed by atoms with Crippen LogP contribution in [0.2, 0.25) is 5.02 Å². The van der Waals surface area contributed by atoms with Crippen LogP contribution in [0.5, 0.6) is 11.5 Å². The Bertz CT molecular complexity index is 918. The predicted octanol–water partition coefficient (Wildman–Crippen LogP) is 5.47.